The molecule has 3 aromatic rings. The number of nitrogens with one attached hydrogen (secondary N) is 3. The van der Waals surface area contributed by atoms with Gasteiger partial charge in [0.2, 0.25) is 5.89 Å². The van der Waals surface area contributed by atoms with Gasteiger partial charge in [0, 0.05) is 17.8 Å². The standard InChI is InChI=1S/C18H23N5O.HI/c1-4-19-18(21-11-17-22-12(2)13(3)24-17)20-10-15-9-14-7-5-6-8-16(14)23-15;/h5-9,23H,4,10-11H2,1-3H3,(H2,19,20,21);1H. The van der Waals surface area contributed by atoms with Gasteiger partial charge in [-0.25, -0.2) is 9.98 Å². The zero-order valence-corrected chi connectivity index (χ0v) is 17.0. The summed E-state index contributed by atoms with van der Waals surface area (Å²) in [5.74, 6) is 2.26. The van der Waals surface area contributed by atoms with Crippen LogP contribution in [0.3, 0.4) is 0 Å². The number of H-pyrrole nitrogens is 1. The number of aromatic nitrogens is 2. The lowest BCUT2D eigenvalue weighted by Gasteiger charge is -2.09. The largest absolute Gasteiger partial charge is 0.444 e. The van der Waals surface area contributed by atoms with E-state index >= 15 is 0 Å². The quantitative estimate of drug-likeness (QED) is 0.313. The second-order valence-corrected chi connectivity index (χ2v) is 5.68. The Morgan fingerprint density at radius 1 is 1.24 bits per heavy atom. The predicted octanol–water partition coefficient (Wildman–Crippen LogP) is 3.65. The summed E-state index contributed by atoms with van der Waals surface area (Å²) in [7, 11) is 0. The third-order valence-corrected chi connectivity index (χ3v) is 3.82. The summed E-state index contributed by atoms with van der Waals surface area (Å²) in [4.78, 5) is 12.4. The first kappa shape index (κ1) is 19.3. The van der Waals surface area contributed by atoms with Gasteiger partial charge in [-0.15, -0.1) is 24.0 Å². The highest BCUT2D eigenvalue weighted by Gasteiger charge is 2.06. The second-order valence-electron chi connectivity index (χ2n) is 5.68. The van der Waals surface area contributed by atoms with E-state index in [9.17, 15) is 0 Å². The lowest BCUT2D eigenvalue weighted by molar-refractivity contribution is 0.463. The van der Waals surface area contributed by atoms with E-state index in [0.29, 0.717) is 19.0 Å². The maximum atomic E-state index is 5.58. The van der Waals surface area contributed by atoms with Crippen molar-refractivity contribution in [3.63, 3.8) is 0 Å². The maximum absolute atomic E-state index is 5.58. The number of aromatic amines is 1. The SMILES string of the molecule is CCNC(=NCc1cc2ccccc2[nH]1)NCc1nc(C)c(C)o1.I. The van der Waals surface area contributed by atoms with Crippen LogP contribution in [0.5, 0.6) is 0 Å². The summed E-state index contributed by atoms with van der Waals surface area (Å²) < 4.78 is 5.58. The number of benzene rings is 1. The Morgan fingerprint density at radius 2 is 2.04 bits per heavy atom. The molecule has 0 spiro atoms. The number of nitrogens with zero attached hydrogens (tertiary/aromatic N) is 2. The number of para-hydroxylation sites is 1. The Labute approximate surface area is 164 Å². The molecule has 0 radical (unpaired) electrons. The molecule has 0 fully saturated rings. The van der Waals surface area contributed by atoms with Crippen LogP contribution in [-0.2, 0) is 13.1 Å². The van der Waals surface area contributed by atoms with Gasteiger partial charge in [-0.2, -0.15) is 0 Å². The molecule has 1 aromatic carbocycles. The van der Waals surface area contributed by atoms with Crippen molar-refractivity contribution >= 4 is 40.8 Å². The molecule has 2 heterocycles. The minimum absolute atomic E-state index is 0. The summed E-state index contributed by atoms with van der Waals surface area (Å²) in [6, 6.07) is 10.4. The summed E-state index contributed by atoms with van der Waals surface area (Å²) in [5.41, 5.74) is 3.13. The molecule has 134 valence electrons. The van der Waals surface area contributed by atoms with E-state index in [2.05, 4.69) is 43.8 Å². The van der Waals surface area contributed by atoms with Gasteiger partial charge in [-0.05, 0) is 38.3 Å². The number of halogens is 1. The van der Waals surface area contributed by atoms with Gasteiger partial charge in [0.15, 0.2) is 5.96 Å². The molecule has 3 N–H and O–H groups in total. The van der Waals surface area contributed by atoms with Crippen molar-refractivity contribution in [3.05, 3.63) is 53.4 Å². The Hall–Kier alpha value is -2.03. The Bertz CT molecular complexity index is 800. The van der Waals surface area contributed by atoms with E-state index in [1.165, 1.54) is 5.39 Å². The summed E-state index contributed by atoms with van der Waals surface area (Å²) in [6.07, 6.45) is 0. The van der Waals surface area contributed by atoms with E-state index in [1.807, 2.05) is 32.9 Å². The van der Waals surface area contributed by atoms with Crippen LogP contribution in [-0.4, -0.2) is 22.5 Å². The first-order valence-corrected chi connectivity index (χ1v) is 8.17. The molecule has 0 aliphatic carbocycles. The highest BCUT2D eigenvalue weighted by Crippen LogP contribution is 2.15. The Balaban J connectivity index is 0.00000225. The lowest BCUT2D eigenvalue weighted by Crippen LogP contribution is -2.36. The highest BCUT2D eigenvalue weighted by atomic mass is 127. The summed E-state index contributed by atoms with van der Waals surface area (Å²) in [5, 5.41) is 7.68. The first-order valence-electron chi connectivity index (χ1n) is 8.17. The highest BCUT2D eigenvalue weighted by molar-refractivity contribution is 14.0. The number of guanidine groups is 1. The second kappa shape index (κ2) is 8.89. The van der Waals surface area contributed by atoms with Gasteiger partial charge in [-0.1, -0.05) is 18.2 Å². The van der Waals surface area contributed by atoms with Gasteiger partial charge in [0.25, 0.3) is 0 Å². The number of aliphatic imine (C=N–C) groups is 1. The van der Waals surface area contributed by atoms with Crippen molar-refractivity contribution in [1.29, 1.82) is 0 Å². The lowest BCUT2D eigenvalue weighted by atomic mass is 10.2. The van der Waals surface area contributed by atoms with Crippen molar-refractivity contribution in [3.8, 4) is 0 Å². The molecule has 0 saturated heterocycles. The third kappa shape index (κ3) is 4.97. The zero-order chi connectivity index (χ0) is 16.9. The average molecular weight is 453 g/mol. The molecule has 0 aliphatic rings. The Kier molecular flexibility index (Phi) is 6.86. The summed E-state index contributed by atoms with van der Waals surface area (Å²) >= 11 is 0. The van der Waals surface area contributed by atoms with Gasteiger partial charge < -0.3 is 20.0 Å². The smallest absolute Gasteiger partial charge is 0.214 e. The number of fused-ring (bicyclic) bond motifs is 1. The number of hydrogen-bond acceptors (Lipinski definition) is 3. The molecule has 0 atom stereocenters. The third-order valence-electron chi connectivity index (χ3n) is 3.82. The van der Waals surface area contributed by atoms with Crippen LogP contribution in [0.4, 0.5) is 0 Å². The van der Waals surface area contributed by atoms with Crippen LogP contribution < -0.4 is 10.6 Å². The monoisotopic (exact) mass is 453 g/mol. The average Bonchev–Trinajstić information content (AvgIpc) is 3.13. The van der Waals surface area contributed by atoms with Crippen LogP contribution >= 0.6 is 24.0 Å². The normalized spacial score (nSPS) is 11.4. The fourth-order valence-corrected chi connectivity index (χ4v) is 2.50. The maximum Gasteiger partial charge on any atom is 0.214 e. The first-order chi connectivity index (χ1) is 11.7. The molecule has 2 aromatic heterocycles. The van der Waals surface area contributed by atoms with Crippen LogP contribution in [0.2, 0.25) is 0 Å². The molecule has 0 saturated carbocycles. The van der Waals surface area contributed by atoms with Gasteiger partial charge in [0.05, 0.1) is 18.8 Å². The van der Waals surface area contributed by atoms with E-state index < -0.39 is 0 Å². The van der Waals surface area contributed by atoms with Crippen LogP contribution in [0, 0.1) is 13.8 Å². The Morgan fingerprint density at radius 3 is 2.72 bits per heavy atom. The van der Waals surface area contributed by atoms with Crippen molar-refractivity contribution in [2.75, 3.05) is 6.54 Å². The molecule has 0 amide bonds. The minimum atomic E-state index is 0. The number of aryl methyl sites for hydroxylation is 2. The molecular weight excluding hydrogens is 429 g/mol. The van der Waals surface area contributed by atoms with E-state index in [4.69, 9.17) is 4.42 Å². The molecular formula is C18H24IN5O. The van der Waals surface area contributed by atoms with E-state index in [1.54, 1.807) is 0 Å². The number of rotatable bonds is 5. The predicted molar refractivity (Wildman–Crippen MR) is 111 cm³/mol. The van der Waals surface area contributed by atoms with Crippen LogP contribution in [0.15, 0.2) is 39.7 Å². The minimum Gasteiger partial charge on any atom is -0.444 e. The topological polar surface area (TPSA) is 78.2 Å². The fraction of sp³-hybridized carbons (Fsp3) is 0.333. The fourth-order valence-electron chi connectivity index (χ4n) is 2.50. The molecule has 7 heteroatoms. The van der Waals surface area contributed by atoms with Crippen LogP contribution in [0.1, 0.15) is 30.0 Å². The molecule has 25 heavy (non-hydrogen) atoms. The van der Waals surface area contributed by atoms with E-state index in [0.717, 1.165) is 35.2 Å². The van der Waals surface area contributed by atoms with Crippen molar-refractivity contribution < 1.29 is 4.42 Å². The van der Waals surface area contributed by atoms with Crippen molar-refractivity contribution in [2.24, 2.45) is 4.99 Å². The molecule has 3 rings (SSSR count). The van der Waals surface area contributed by atoms with Crippen molar-refractivity contribution in [2.45, 2.75) is 33.9 Å². The van der Waals surface area contributed by atoms with Gasteiger partial charge in [0.1, 0.15) is 5.76 Å². The number of oxazole rings is 1. The van der Waals surface area contributed by atoms with Crippen LogP contribution in [0.25, 0.3) is 10.9 Å². The van der Waals surface area contributed by atoms with Gasteiger partial charge >= 0.3 is 0 Å². The zero-order valence-electron chi connectivity index (χ0n) is 14.7. The summed E-state index contributed by atoms with van der Waals surface area (Å²) in [6.45, 7) is 7.78. The van der Waals surface area contributed by atoms with E-state index in [-0.39, 0.29) is 24.0 Å². The van der Waals surface area contributed by atoms with Gasteiger partial charge in [-0.3, -0.25) is 0 Å². The number of hydrogen-bond donors (Lipinski definition) is 3. The molecule has 0 unspecified atom stereocenters. The molecule has 0 aliphatic heterocycles. The molecule has 6 nitrogen and oxygen atoms in total. The van der Waals surface area contributed by atoms with Crippen molar-refractivity contribution in [1.82, 2.24) is 20.6 Å². The molecule has 0 bridgehead atoms.